The normalized spacial score (nSPS) is 18.3. The Balaban J connectivity index is 1.71. The summed E-state index contributed by atoms with van der Waals surface area (Å²) in [5, 5.41) is 10.7. The van der Waals surface area contributed by atoms with Crippen LogP contribution in [0.25, 0.3) is 10.2 Å². The van der Waals surface area contributed by atoms with Crippen LogP contribution >= 0.6 is 22.9 Å². The lowest BCUT2D eigenvalue weighted by Crippen LogP contribution is -2.54. The number of carboxylic acids is 1. The molecule has 0 radical (unpaired) electrons. The topological polar surface area (TPSA) is 56.7 Å². The molecule has 1 atom stereocenters. The number of aliphatic carboxylic acids is 1. The molecule has 2 heterocycles. The molecule has 1 saturated heterocycles. The molecular formula is C26H34ClN3O2S. The molecule has 1 aliphatic rings. The van der Waals surface area contributed by atoms with Gasteiger partial charge in [0.15, 0.2) is 5.13 Å². The summed E-state index contributed by atoms with van der Waals surface area (Å²) in [6.45, 7) is 14.3. The van der Waals surface area contributed by atoms with Gasteiger partial charge in [-0.25, -0.2) is 4.98 Å². The van der Waals surface area contributed by atoms with E-state index >= 15 is 0 Å². The second kappa shape index (κ2) is 11.8. The molecule has 178 valence electrons. The minimum Gasteiger partial charge on any atom is -0.481 e. The number of halogens is 1. The SMILES string of the molecule is C=C/C(=C\C(C)=C/CCC(=O)O)CN1CCN(c2nc3ccc(Cl)cc3s2)[C@@H](CC(C)C)C1. The Morgan fingerprint density at radius 1 is 1.39 bits per heavy atom. The van der Waals surface area contributed by atoms with Gasteiger partial charge in [0.05, 0.1) is 10.2 Å². The maximum absolute atomic E-state index is 10.7. The molecule has 1 aromatic heterocycles. The number of piperazine rings is 1. The average molecular weight is 488 g/mol. The van der Waals surface area contributed by atoms with Gasteiger partial charge in [0.2, 0.25) is 0 Å². The molecule has 0 unspecified atom stereocenters. The van der Waals surface area contributed by atoms with Gasteiger partial charge >= 0.3 is 5.97 Å². The van der Waals surface area contributed by atoms with Gasteiger partial charge < -0.3 is 10.0 Å². The van der Waals surface area contributed by atoms with E-state index in [1.165, 1.54) is 0 Å². The molecule has 1 fully saturated rings. The Bertz CT molecular complexity index is 1040. The van der Waals surface area contributed by atoms with Crippen LogP contribution in [0.4, 0.5) is 5.13 Å². The maximum atomic E-state index is 10.7. The van der Waals surface area contributed by atoms with E-state index in [9.17, 15) is 4.79 Å². The summed E-state index contributed by atoms with van der Waals surface area (Å²) in [6, 6.07) is 6.30. The third kappa shape index (κ3) is 7.42. The standard InChI is InChI=1S/C26H34ClN3O2S/c1-5-20(14-19(4)7-6-8-25(31)32)16-29-11-12-30(22(17-29)13-18(2)3)26-28-23-10-9-21(27)15-24(23)33-26/h5,7,9-10,14-15,18,22H,1,6,8,11-13,16-17H2,2-4H3,(H,31,32)/b19-7-,20-14+/t22-/m0/s1. The van der Waals surface area contributed by atoms with Crippen LogP contribution in [0.2, 0.25) is 5.02 Å². The van der Waals surface area contributed by atoms with Gasteiger partial charge in [0.1, 0.15) is 0 Å². The van der Waals surface area contributed by atoms with Crippen LogP contribution in [0, 0.1) is 5.92 Å². The molecule has 1 aromatic carbocycles. The van der Waals surface area contributed by atoms with Crippen molar-refractivity contribution < 1.29 is 9.90 Å². The molecule has 0 saturated carbocycles. The molecule has 0 spiro atoms. The Kier molecular flexibility index (Phi) is 9.12. The minimum atomic E-state index is -0.766. The Labute approximate surface area is 206 Å². The summed E-state index contributed by atoms with van der Waals surface area (Å²) in [7, 11) is 0. The largest absolute Gasteiger partial charge is 0.481 e. The van der Waals surface area contributed by atoms with Crippen molar-refractivity contribution in [3.05, 3.63) is 59.2 Å². The zero-order chi connectivity index (χ0) is 24.0. The molecule has 33 heavy (non-hydrogen) atoms. The lowest BCUT2D eigenvalue weighted by atomic mass is 10.00. The Morgan fingerprint density at radius 2 is 2.18 bits per heavy atom. The summed E-state index contributed by atoms with van der Waals surface area (Å²) in [4.78, 5) is 20.6. The van der Waals surface area contributed by atoms with Crippen molar-refractivity contribution in [2.45, 2.75) is 46.1 Å². The number of carbonyl (C=O) groups is 1. The van der Waals surface area contributed by atoms with Gasteiger partial charge in [-0.05, 0) is 49.5 Å². The molecule has 0 bridgehead atoms. The fourth-order valence-electron chi connectivity index (χ4n) is 4.27. The summed E-state index contributed by atoms with van der Waals surface area (Å²) in [6.07, 6.45) is 7.83. The second-order valence-corrected chi connectivity index (χ2v) is 10.6. The first-order valence-corrected chi connectivity index (χ1v) is 12.7. The molecule has 7 heteroatoms. The first kappa shape index (κ1) is 25.5. The molecule has 3 rings (SSSR count). The smallest absolute Gasteiger partial charge is 0.303 e. The number of carboxylic acid groups (broad SMARTS) is 1. The van der Waals surface area contributed by atoms with Gasteiger partial charge in [-0.15, -0.1) is 0 Å². The number of anilines is 1. The summed E-state index contributed by atoms with van der Waals surface area (Å²) < 4.78 is 1.13. The number of hydrogen-bond donors (Lipinski definition) is 1. The number of thiazole rings is 1. The van der Waals surface area contributed by atoms with Gasteiger partial charge in [0, 0.05) is 43.7 Å². The minimum absolute atomic E-state index is 0.158. The average Bonchev–Trinajstić information content (AvgIpc) is 3.15. The van der Waals surface area contributed by atoms with Gasteiger partial charge in [-0.3, -0.25) is 9.69 Å². The Hall–Kier alpha value is -2.15. The fraction of sp³-hybridized carbons (Fsp3) is 0.462. The quantitative estimate of drug-likeness (QED) is 0.392. The number of rotatable bonds is 10. The first-order valence-electron chi connectivity index (χ1n) is 11.5. The predicted octanol–water partition coefficient (Wildman–Crippen LogP) is 6.41. The van der Waals surface area contributed by atoms with Crippen molar-refractivity contribution in [1.29, 1.82) is 0 Å². The van der Waals surface area contributed by atoms with E-state index in [1.807, 2.05) is 37.3 Å². The number of hydrogen-bond acceptors (Lipinski definition) is 5. The van der Waals surface area contributed by atoms with Crippen LogP contribution in [-0.4, -0.2) is 53.2 Å². The van der Waals surface area contributed by atoms with Gasteiger partial charge in [-0.1, -0.05) is 67.2 Å². The van der Waals surface area contributed by atoms with Crippen molar-refractivity contribution in [2.75, 3.05) is 31.1 Å². The summed E-state index contributed by atoms with van der Waals surface area (Å²) in [5.74, 6) is -0.174. The Morgan fingerprint density at radius 3 is 2.88 bits per heavy atom. The summed E-state index contributed by atoms with van der Waals surface area (Å²) in [5.41, 5.74) is 3.24. The zero-order valence-corrected chi connectivity index (χ0v) is 21.3. The van der Waals surface area contributed by atoms with Crippen LogP contribution in [0.5, 0.6) is 0 Å². The van der Waals surface area contributed by atoms with Crippen LogP contribution in [0.1, 0.15) is 40.0 Å². The number of aromatic nitrogens is 1. The molecule has 1 aliphatic heterocycles. The molecular weight excluding hydrogens is 454 g/mol. The lowest BCUT2D eigenvalue weighted by molar-refractivity contribution is -0.136. The van der Waals surface area contributed by atoms with Crippen molar-refractivity contribution in [3.8, 4) is 0 Å². The predicted molar refractivity (Wildman–Crippen MR) is 141 cm³/mol. The maximum Gasteiger partial charge on any atom is 0.303 e. The molecule has 1 N–H and O–H groups in total. The van der Waals surface area contributed by atoms with Crippen LogP contribution in [0.15, 0.2) is 54.2 Å². The molecule has 2 aromatic rings. The highest BCUT2D eigenvalue weighted by molar-refractivity contribution is 7.22. The number of allylic oxidation sites excluding steroid dienone is 3. The van der Waals surface area contributed by atoms with E-state index in [0.29, 0.717) is 18.4 Å². The third-order valence-electron chi connectivity index (χ3n) is 5.80. The van der Waals surface area contributed by atoms with E-state index in [-0.39, 0.29) is 6.42 Å². The van der Waals surface area contributed by atoms with E-state index in [4.69, 9.17) is 21.7 Å². The zero-order valence-electron chi connectivity index (χ0n) is 19.8. The van der Waals surface area contributed by atoms with Crippen LogP contribution in [-0.2, 0) is 4.79 Å². The third-order valence-corrected chi connectivity index (χ3v) is 7.09. The number of fused-ring (bicyclic) bond motifs is 1. The van der Waals surface area contributed by atoms with E-state index < -0.39 is 5.97 Å². The summed E-state index contributed by atoms with van der Waals surface area (Å²) >= 11 is 7.91. The first-order chi connectivity index (χ1) is 15.7. The molecule has 5 nitrogen and oxygen atoms in total. The van der Waals surface area contributed by atoms with Gasteiger partial charge in [-0.2, -0.15) is 0 Å². The number of nitrogens with zero attached hydrogens (tertiary/aromatic N) is 3. The van der Waals surface area contributed by atoms with E-state index in [2.05, 4.69) is 36.3 Å². The molecule has 0 amide bonds. The highest BCUT2D eigenvalue weighted by Crippen LogP contribution is 2.34. The highest BCUT2D eigenvalue weighted by atomic mass is 35.5. The van der Waals surface area contributed by atoms with Crippen molar-refractivity contribution in [1.82, 2.24) is 9.88 Å². The van der Waals surface area contributed by atoms with Crippen LogP contribution < -0.4 is 4.90 Å². The highest BCUT2D eigenvalue weighted by Gasteiger charge is 2.29. The van der Waals surface area contributed by atoms with Gasteiger partial charge in [0.25, 0.3) is 0 Å². The molecule has 0 aliphatic carbocycles. The lowest BCUT2D eigenvalue weighted by Gasteiger charge is -2.42. The van der Waals surface area contributed by atoms with Crippen molar-refractivity contribution in [2.24, 2.45) is 5.92 Å². The second-order valence-electron chi connectivity index (χ2n) is 9.12. The van der Waals surface area contributed by atoms with Crippen LogP contribution in [0.3, 0.4) is 0 Å². The van der Waals surface area contributed by atoms with E-state index in [1.54, 1.807) is 11.3 Å². The van der Waals surface area contributed by atoms with Crippen molar-refractivity contribution >= 4 is 44.3 Å². The fourth-order valence-corrected chi connectivity index (χ4v) is 5.61. The van der Waals surface area contributed by atoms with Crippen molar-refractivity contribution in [3.63, 3.8) is 0 Å². The number of benzene rings is 1. The monoisotopic (exact) mass is 487 g/mol. The van der Waals surface area contributed by atoms with E-state index in [0.717, 1.165) is 64.1 Å².